The third-order valence-electron chi connectivity index (χ3n) is 3.39. The third kappa shape index (κ3) is 5.50. The quantitative estimate of drug-likeness (QED) is 0.550. The highest BCUT2D eigenvalue weighted by Gasteiger charge is 2.38. The van der Waals surface area contributed by atoms with Gasteiger partial charge in [-0.05, 0) is 12.1 Å². The van der Waals surface area contributed by atoms with E-state index >= 15 is 0 Å². The van der Waals surface area contributed by atoms with E-state index < -0.39 is 59.4 Å². The first-order valence-electron chi connectivity index (χ1n) is 7.22. The highest BCUT2D eigenvalue weighted by molar-refractivity contribution is 5.98. The fourth-order valence-corrected chi connectivity index (χ4v) is 2.11. The molecular formula is C16H17F2NO7. The van der Waals surface area contributed by atoms with Crippen molar-refractivity contribution in [2.24, 2.45) is 5.92 Å². The number of halogens is 2. The molecule has 2 atom stereocenters. The maximum atomic E-state index is 13.3. The summed E-state index contributed by atoms with van der Waals surface area (Å²) < 4.78 is 40.0. The molecule has 26 heavy (non-hydrogen) atoms. The van der Waals surface area contributed by atoms with E-state index in [-0.39, 0.29) is 0 Å². The molecule has 0 heterocycles. The molecule has 0 aliphatic heterocycles. The molecule has 1 aromatic rings. The van der Waals surface area contributed by atoms with E-state index in [0.717, 1.165) is 33.5 Å². The van der Waals surface area contributed by atoms with E-state index in [9.17, 15) is 28.0 Å². The first-order valence-corrected chi connectivity index (χ1v) is 7.22. The molecule has 0 radical (unpaired) electrons. The zero-order chi connectivity index (χ0) is 19.9. The highest BCUT2D eigenvalue weighted by atomic mass is 19.1. The van der Waals surface area contributed by atoms with Gasteiger partial charge in [-0.3, -0.25) is 14.4 Å². The number of hydrogen-bond donors (Lipinski definition) is 1. The van der Waals surface area contributed by atoms with Gasteiger partial charge in [0.15, 0.2) is 0 Å². The van der Waals surface area contributed by atoms with Crippen molar-refractivity contribution in [1.29, 1.82) is 0 Å². The van der Waals surface area contributed by atoms with Crippen LogP contribution in [0.25, 0.3) is 0 Å². The Balaban J connectivity index is 3.17. The molecular weight excluding hydrogens is 356 g/mol. The fraction of sp³-hybridized carbons (Fsp3) is 0.375. The van der Waals surface area contributed by atoms with Gasteiger partial charge in [-0.2, -0.15) is 0 Å². The second-order valence-electron chi connectivity index (χ2n) is 5.04. The van der Waals surface area contributed by atoms with Crippen molar-refractivity contribution in [3.05, 3.63) is 35.4 Å². The van der Waals surface area contributed by atoms with E-state index in [4.69, 9.17) is 0 Å². The van der Waals surface area contributed by atoms with Gasteiger partial charge in [-0.1, -0.05) is 0 Å². The first kappa shape index (κ1) is 21.0. The van der Waals surface area contributed by atoms with Gasteiger partial charge in [0, 0.05) is 11.6 Å². The zero-order valence-electron chi connectivity index (χ0n) is 14.2. The minimum Gasteiger partial charge on any atom is -0.469 e. The topological polar surface area (TPSA) is 108 Å². The minimum atomic E-state index is -1.65. The minimum absolute atomic E-state index is 0.432. The third-order valence-corrected chi connectivity index (χ3v) is 3.39. The van der Waals surface area contributed by atoms with Crippen molar-refractivity contribution in [2.75, 3.05) is 21.3 Å². The number of ether oxygens (including phenoxy) is 3. The summed E-state index contributed by atoms with van der Waals surface area (Å²) in [5, 5.41) is 2.13. The number of rotatable bonds is 7. The largest absolute Gasteiger partial charge is 0.469 e. The second-order valence-corrected chi connectivity index (χ2v) is 5.04. The van der Waals surface area contributed by atoms with E-state index in [2.05, 4.69) is 19.5 Å². The number of carbonyl (C=O) groups is 4. The summed E-state index contributed by atoms with van der Waals surface area (Å²) in [5.41, 5.74) is -0.432. The number of esters is 3. The fourth-order valence-electron chi connectivity index (χ4n) is 2.11. The lowest BCUT2D eigenvalue weighted by atomic mass is 9.95. The van der Waals surface area contributed by atoms with E-state index in [1.807, 2.05) is 0 Å². The van der Waals surface area contributed by atoms with Crippen molar-refractivity contribution in [3.63, 3.8) is 0 Å². The predicted octanol–water partition coefficient (Wildman–Crippen LogP) is 0.588. The summed E-state index contributed by atoms with van der Waals surface area (Å²) in [6.07, 6.45) is -0.596. The summed E-state index contributed by atoms with van der Waals surface area (Å²) >= 11 is 0. The smallest absolute Gasteiger partial charge is 0.329 e. The second kappa shape index (κ2) is 9.44. The van der Waals surface area contributed by atoms with Crippen LogP contribution in [0.5, 0.6) is 0 Å². The van der Waals surface area contributed by atoms with Crippen LogP contribution in [0, 0.1) is 17.6 Å². The Labute approximate surface area is 147 Å². The lowest BCUT2D eigenvalue weighted by Gasteiger charge is -2.23. The van der Waals surface area contributed by atoms with Crippen molar-refractivity contribution < 1.29 is 42.2 Å². The molecule has 0 unspecified atom stereocenters. The molecule has 10 heteroatoms. The van der Waals surface area contributed by atoms with Crippen LogP contribution in [0.3, 0.4) is 0 Å². The SMILES string of the molecule is COC(=O)C[C@H](C(=O)OC)[C@H](NC(=O)c1cc(F)cc(F)c1)C(=O)OC. The Morgan fingerprint density at radius 1 is 0.923 bits per heavy atom. The Morgan fingerprint density at radius 2 is 1.46 bits per heavy atom. The van der Waals surface area contributed by atoms with Crippen molar-refractivity contribution in [1.82, 2.24) is 5.32 Å². The molecule has 0 aromatic heterocycles. The predicted molar refractivity (Wildman–Crippen MR) is 81.8 cm³/mol. The molecule has 0 fully saturated rings. The Morgan fingerprint density at radius 3 is 1.92 bits per heavy atom. The molecule has 142 valence electrons. The molecule has 1 aromatic carbocycles. The van der Waals surface area contributed by atoms with E-state index in [1.54, 1.807) is 0 Å². The monoisotopic (exact) mass is 373 g/mol. The van der Waals surface area contributed by atoms with Gasteiger partial charge in [0.1, 0.15) is 17.7 Å². The molecule has 1 amide bonds. The summed E-state index contributed by atoms with van der Waals surface area (Å²) in [7, 11) is 3.08. The molecule has 1 N–H and O–H groups in total. The van der Waals surface area contributed by atoms with Crippen LogP contribution in [0.2, 0.25) is 0 Å². The summed E-state index contributed by atoms with van der Waals surface area (Å²) in [6.45, 7) is 0. The van der Waals surface area contributed by atoms with Gasteiger partial charge >= 0.3 is 17.9 Å². The van der Waals surface area contributed by atoms with Crippen molar-refractivity contribution in [3.8, 4) is 0 Å². The zero-order valence-corrected chi connectivity index (χ0v) is 14.2. The lowest BCUT2D eigenvalue weighted by molar-refractivity contribution is -0.158. The number of benzene rings is 1. The van der Waals surface area contributed by atoms with Gasteiger partial charge in [0.25, 0.3) is 5.91 Å². The number of amides is 1. The van der Waals surface area contributed by atoms with Gasteiger partial charge in [-0.15, -0.1) is 0 Å². The van der Waals surface area contributed by atoms with Crippen LogP contribution in [0.1, 0.15) is 16.8 Å². The van der Waals surface area contributed by atoms with Gasteiger partial charge < -0.3 is 19.5 Å². The molecule has 0 aliphatic carbocycles. The average molecular weight is 373 g/mol. The number of carbonyl (C=O) groups excluding carboxylic acids is 4. The van der Waals surface area contributed by atoms with Gasteiger partial charge in [-0.25, -0.2) is 13.6 Å². The van der Waals surface area contributed by atoms with E-state index in [0.29, 0.717) is 6.07 Å². The maximum Gasteiger partial charge on any atom is 0.329 e. The first-order chi connectivity index (χ1) is 12.2. The number of hydrogen-bond acceptors (Lipinski definition) is 7. The van der Waals surface area contributed by atoms with Gasteiger partial charge in [0.2, 0.25) is 0 Å². The summed E-state index contributed by atoms with van der Waals surface area (Å²) in [4.78, 5) is 47.7. The lowest BCUT2D eigenvalue weighted by Crippen LogP contribution is -2.50. The normalized spacial score (nSPS) is 12.5. The molecule has 0 saturated heterocycles. The van der Waals surface area contributed by atoms with Crippen LogP contribution < -0.4 is 5.32 Å². The molecule has 8 nitrogen and oxygen atoms in total. The van der Waals surface area contributed by atoms with Crippen LogP contribution in [0.15, 0.2) is 18.2 Å². The average Bonchev–Trinajstić information content (AvgIpc) is 2.61. The molecule has 0 aliphatic rings. The van der Waals surface area contributed by atoms with Crippen LogP contribution >= 0.6 is 0 Å². The summed E-state index contributed by atoms with van der Waals surface area (Å²) in [5.74, 6) is -7.45. The number of methoxy groups -OCH3 is 3. The Hall–Kier alpha value is -3.04. The Bertz CT molecular complexity index is 688. The summed E-state index contributed by atoms with van der Waals surface area (Å²) in [6, 6.07) is 0.383. The van der Waals surface area contributed by atoms with Crippen LogP contribution in [-0.4, -0.2) is 51.2 Å². The Kier molecular flexibility index (Phi) is 7.63. The molecule has 0 saturated carbocycles. The molecule has 1 rings (SSSR count). The highest BCUT2D eigenvalue weighted by Crippen LogP contribution is 2.16. The standard InChI is InChI=1S/C16H17F2NO7/c1-24-12(20)7-11(15(22)25-2)13(16(23)26-3)19-14(21)8-4-9(17)6-10(18)5-8/h4-6,11,13H,7H2,1-3H3,(H,19,21)/t11-,13-/m0/s1. The van der Waals surface area contributed by atoms with Gasteiger partial charge in [0.05, 0.1) is 33.7 Å². The van der Waals surface area contributed by atoms with E-state index in [1.165, 1.54) is 0 Å². The van der Waals surface area contributed by atoms with Crippen LogP contribution in [-0.2, 0) is 28.6 Å². The van der Waals surface area contributed by atoms with Crippen molar-refractivity contribution >= 4 is 23.8 Å². The van der Waals surface area contributed by atoms with Crippen LogP contribution in [0.4, 0.5) is 8.78 Å². The molecule has 0 bridgehead atoms. The number of nitrogens with one attached hydrogen (secondary N) is 1. The maximum absolute atomic E-state index is 13.3. The van der Waals surface area contributed by atoms with Crippen molar-refractivity contribution in [2.45, 2.75) is 12.5 Å². The molecule has 0 spiro atoms.